The molecule has 0 spiro atoms. The highest BCUT2D eigenvalue weighted by atomic mass is 35.5. The van der Waals surface area contributed by atoms with E-state index in [1.807, 2.05) is 32.0 Å². The fourth-order valence-electron chi connectivity index (χ4n) is 2.03. The van der Waals surface area contributed by atoms with Gasteiger partial charge in [0, 0.05) is 11.3 Å². The number of hydrogen-bond acceptors (Lipinski definition) is 3. The molecule has 0 aliphatic heterocycles. The van der Waals surface area contributed by atoms with Crippen molar-refractivity contribution < 1.29 is 9.90 Å². The van der Waals surface area contributed by atoms with Gasteiger partial charge in [-0.25, -0.2) is 0 Å². The van der Waals surface area contributed by atoms with Crippen molar-refractivity contribution in [2.75, 3.05) is 0 Å². The second-order valence-electron chi connectivity index (χ2n) is 4.80. The van der Waals surface area contributed by atoms with Gasteiger partial charge in [0.15, 0.2) is 0 Å². The molecule has 1 heterocycles. The van der Waals surface area contributed by atoms with Crippen LogP contribution in [0, 0.1) is 6.92 Å². The lowest BCUT2D eigenvalue weighted by Gasteiger charge is -2.17. The summed E-state index contributed by atoms with van der Waals surface area (Å²) in [5, 5.41) is 12.5. The Hall–Kier alpha value is -2.07. The number of phenolic OH excluding ortho intramolecular Hbond substituents is 1. The lowest BCUT2D eigenvalue weighted by atomic mass is 10.1. The van der Waals surface area contributed by atoms with Crippen LogP contribution in [0.3, 0.4) is 0 Å². The molecule has 0 unspecified atom stereocenters. The number of nitrogens with one attached hydrogen (secondary N) is 1. The van der Waals surface area contributed by atoms with Crippen molar-refractivity contribution in [2.45, 2.75) is 26.3 Å². The number of nitrogens with zero attached hydrogens (tertiary/aromatic N) is 1. The Labute approximate surface area is 128 Å². The fraction of sp³-hybridized carbons (Fsp3) is 0.250. The molecule has 2 rings (SSSR count). The van der Waals surface area contributed by atoms with Crippen LogP contribution in [0.2, 0.25) is 5.02 Å². The van der Waals surface area contributed by atoms with Crippen LogP contribution in [-0.2, 0) is 0 Å². The summed E-state index contributed by atoms with van der Waals surface area (Å²) < 4.78 is 0. The van der Waals surface area contributed by atoms with Gasteiger partial charge in [0.1, 0.15) is 5.75 Å². The van der Waals surface area contributed by atoms with E-state index >= 15 is 0 Å². The Morgan fingerprint density at radius 3 is 2.76 bits per heavy atom. The first-order valence-corrected chi connectivity index (χ1v) is 7.12. The number of benzene rings is 1. The van der Waals surface area contributed by atoms with Crippen molar-refractivity contribution >= 4 is 17.5 Å². The van der Waals surface area contributed by atoms with Crippen molar-refractivity contribution in [3.8, 4) is 5.75 Å². The van der Waals surface area contributed by atoms with Crippen molar-refractivity contribution in [1.82, 2.24) is 10.3 Å². The minimum Gasteiger partial charge on any atom is -0.506 e. The van der Waals surface area contributed by atoms with Gasteiger partial charge in [0.2, 0.25) is 0 Å². The van der Waals surface area contributed by atoms with E-state index in [4.69, 9.17) is 11.6 Å². The monoisotopic (exact) mass is 304 g/mol. The molecule has 0 bridgehead atoms. The molecular weight excluding hydrogens is 288 g/mol. The van der Waals surface area contributed by atoms with E-state index in [1.165, 1.54) is 18.2 Å². The lowest BCUT2D eigenvalue weighted by Crippen LogP contribution is -2.28. The third kappa shape index (κ3) is 3.73. The van der Waals surface area contributed by atoms with Gasteiger partial charge < -0.3 is 10.4 Å². The summed E-state index contributed by atoms with van der Waals surface area (Å²) in [6.07, 6.45) is 0.730. The summed E-state index contributed by atoms with van der Waals surface area (Å²) >= 11 is 5.82. The molecule has 0 radical (unpaired) electrons. The first-order valence-electron chi connectivity index (χ1n) is 6.74. The molecular formula is C16H17ClN2O2. The van der Waals surface area contributed by atoms with E-state index in [1.54, 1.807) is 0 Å². The number of aromatic nitrogens is 1. The highest BCUT2D eigenvalue weighted by Gasteiger charge is 2.16. The summed E-state index contributed by atoms with van der Waals surface area (Å²) in [5.41, 5.74) is 2.15. The minimum absolute atomic E-state index is 0.0411. The number of pyridine rings is 1. The second-order valence-corrected chi connectivity index (χ2v) is 5.21. The molecule has 2 aromatic rings. The highest BCUT2D eigenvalue weighted by Crippen LogP contribution is 2.24. The average molecular weight is 305 g/mol. The van der Waals surface area contributed by atoms with Gasteiger partial charge in [0.25, 0.3) is 5.91 Å². The van der Waals surface area contributed by atoms with Crippen LogP contribution in [0.15, 0.2) is 36.4 Å². The quantitative estimate of drug-likeness (QED) is 0.906. The number of rotatable bonds is 4. The van der Waals surface area contributed by atoms with Gasteiger partial charge >= 0.3 is 0 Å². The Morgan fingerprint density at radius 2 is 2.14 bits per heavy atom. The van der Waals surface area contributed by atoms with E-state index in [0.717, 1.165) is 17.8 Å². The molecule has 0 saturated heterocycles. The number of aromatic hydroxyl groups is 1. The molecule has 0 aliphatic carbocycles. The van der Waals surface area contributed by atoms with Crippen molar-refractivity contribution in [3.63, 3.8) is 0 Å². The van der Waals surface area contributed by atoms with Gasteiger partial charge in [-0.15, -0.1) is 0 Å². The van der Waals surface area contributed by atoms with Crippen LogP contribution in [0.4, 0.5) is 0 Å². The van der Waals surface area contributed by atoms with E-state index in [0.29, 0.717) is 5.56 Å². The maximum Gasteiger partial charge on any atom is 0.251 e. The molecule has 0 fully saturated rings. The molecule has 21 heavy (non-hydrogen) atoms. The first-order chi connectivity index (χ1) is 10.0. The molecule has 1 aromatic carbocycles. The minimum atomic E-state index is -0.243. The first kappa shape index (κ1) is 15.3. The zero-order valence-corrected chi connectivity index (χ0v) is 12.7. The maximum absolute atomic E-state index is 12.3. The van der Waals surface area contributed by atoms with Gasteiger partial charge in [-0.1, -0.05) is 24.6 Å². The number of carbonyl (C=O) groups excluding carboxylic acids is 1. The zero-order valence-electron chi connectivity index (χ0n) is 11.9. The zero-order chi connectivity index (χ0) is 15.4. The standard InChI is InChI=1S/C16H17ClN2O2/c1-3-13(14-6-4-5-10(2)18-14)19-16(21)11-7-8-15(20)12(17)9-11/h4-9,13,20H,3H2,1-2H3,(H,19,21)/t13-/m0/s1. The maximum atomic E-state index is 12.3. The van der Waals surface area contributed by atoms with Crippen LogP contribution in [-0.4, -0.2) is 16.0 Å². The topological polar surface area (TPSA) is 62.2 Å². The third-order valence-corrected chi connectivity index (χ3v) is 3.49. The number of carbonyl (C=O) groups is 1. The predicted octanol–water partition coefficient (Wildman–Crippen LogP) is 3.63. The molecule has 0 saturated carbocycles. The van der Waals surface area contributed by atoms with Crippen LogP contribution < -0.4 is 5.32 Å². The number of phenols is 1. The van der Waals surface area contributed by atoms with Crippen molar-refractivity contribution in [3.05, 3.63) is 58.4 Å². The van der Waals surface area contributed by atoms with Crippen LogP contribution in [0.25, 0.3) is 0 Å². The van der Waals surface area contributed by atoms with E-state index in [9.17, 15) is 9.90 Å². The van der Waals surface area contributed by atoms with E-state index < -0.39 is 0 Å². The van der Waals surface area contributed by atoms with Crippen LogP contribution >= 0.6 is 11.6 Å². The summed E-state index contributed by atoms with van der Waals surface area (Å²) in [4.78, 5) is 16.7. The molecule has 1 aromatic heterocycles. The lowest BCUT2D eigenvalue weighted by molar-refractivity contribution is 0.0934. The Kier molecular flexibility index (Phi) is 4.81. The van der Waals surface area contributed by atoms with Crippen molar-refractivity contribution in [2.24, 2.45) is 0 Å². The van der Waals surface area contributed by atoms with Crippen LogP contribution in [0.5, 0.6) is 5.75 Å². The van der Waals surface area contributed by atoms with E-state index in [2.05, 4.69) is 10.3 Å². The summed E-state index contributed by atoms with van der Waals surface area (Å²) in [5.74, 6) is -0.285. The van der Waals surface area contributed by atoms with Gasteiger partial charge in [0.05, 0.1) is 16.8 Å². The van der Waals surface area contributed by atoms with Gasteiger partial charge in [-0.05, 0) is 43.7 Å². The SMILES string of the molecule is CC[C@H](NC(=O)c1ccc(O)c(Cl)c1)c1cccc(C)n1. The van der Waals surface area contributed by atoms with E-state index in [-0.39, 0.29) is 22.7 Å². The predicted molar refractivity (Wildman–Crippen MR) is 82.6 cm³/mol. The molecule has 5 heteroatoms. The molecule has 110 valence electrons. The number of amides is 1. The second kappa shape index (κ2) is 6.59. The molecule has 1 amide bonds. The summed E-state index contributed by atoms with van der Waals surface area (Å²) in [6, 6.07) is 9.95. The Morgan fingerprint density at radius 1 is 1.38 bits per heavy atom. The fourth-order valence-corrected chi connectivity index (χ4v) is 2.21. The molecule has 1 atom stereocenters. The number of aryl methyl sites for hydroxylation is 1. The molecule has 4 nitrogen and oxygen atoms in total. The number of hydrogen-bond donors (Lipinski definition) is 2. The van der Waals surface area contributed by atoms with Gasteiger partial charge in [-0.3, -0.25) is 9.78 Å². The largest absolute Gasteiger partial charge is 0.506 e. The van der Waals surface area contributed by atoms with Crippen LogP contribution in [0.1, 0.15) is 41.1 Å². The summed E-state index contributed by atoms with van der Waals surface area (Å²) in [7, 11) is 0. The molecule has 2 N–H and O–H groups in total. The Balaban J connectivity index is 2.18. The molecule has 0 aliphatic rings. The normalized spacial score (nSPS) is 12.0. The average Bonchev–Trinajstić information content (AvgIpc) is 2.47. The van der Waals surface area contributed by atoms with Crippen molar-refractivity contribution in [1.29, 1.82) is 0 Å². The number of halogens is 1. The highest BCUT2D eigenvalue weighted by molar-refractivity contribution is 6.32. The smallest absolute Gasteiger partial charge is 0.251 e. The third-order valence-electron chi connectivity index (χ3n) is 3.19. The summed E-state index contributed by atoms with van der Waals surface area (Å²) in [6.45, 7) is 3.90. The van der Waals surface area contributed by atoms with Gasteiger partial charge in [-0.2, -0.15) is 0 Å². The Bertz CT molecular complexity index is 658.